The van der Waals surface area contributed by atoms with Gasteiger partial charge in [-0.1, -0.05) is 48.5 Å². The van der Waals surface area contributed by atoms with E-state index in [1.807, 2.05) is 36.4 Å². The maximum Gasteiger partial charge on any atom is 0.0991 e. The Morgan fingerprint density at radius 2 is 1.76 bits per heavy atom. The zero-order valence-electron chi connectivity index (χ0n) is 12.3. The van der Waals surface area contributed by atoms with Gasteiger partial charge in [-0.2, -0.15) is 5.26 Å². The number of nitrogens with zero attached hydrogens (tertiary/aromatic N) is 1. The van der Waals surface area contributed by atoms with Gasteiger partial charge in [0.05, 0.1) is 11.6 Å². The van der Waals surface area contributed by atoms with E-state index >= 15 is 0 Å². The molecule has 1 N–H and O–H groups in total. The van der Waals surface area contributed by atoms with Crippen LogP contribution < -0.4 is 5.32 Å². The maximum absolute atomic E-state index is 8.88. The summed E-state index contributed by atoms with van der Waals surface area (Å²) in [6.07, 6.45) is 2.77. The molecule has 0 heterocycles. The van der Waals surface area contributed by atoms with Crippen molar-refractivity contribution in [1.29, 1.82) is 5.26 Å². The Morgan fingerprint density at radius 1 is 1.10 bits per heavy atom. The normalized spacial score (nSPS) is 13.1. The molecule has 0 aliphatic rings. The highest BCUT2D eigenvalue weighted by atomic mass is 14.9. The maximum atomic E-state index is 8.88. The van der Waals surface area contributed by atoms with Crippen LogP contribution in [0.3, 0.4) is 0 Å². The third-order valence-corrected chi connectivity index (χ3v) is 3.60. The minimum atomic E-state index is 0.199. The van der Waals surface area contributed by atoms with Gasteiger partial charge in [0.2, 0.25) is 0 Å². The van der Waals surface area contributed by atoms with Gasteiger partial charge in [-0.25, -0.2) is 0 Å². The fourth-order valence-corrected chi connectivity index (χ4v) is 2.40. The van der Waals surface area contributed by atoms with Crippen molar-refractivity contribution in [3.05, 3.63) is 83.9 Å². The van der Waals surface area contributed by atoms with Gasteiger partial charge >= 0.3 is 0 Å². The zero-order valence-corrected chi connectivity index (χ0v) is 12.3. The van der Waals surface area contributed by atoms with Crippen LogP contribution in [0.15, 0.2) is 67.3 Å². The number of benzene rings is 2. The molecule has 0 bridgehead atoms. The van der Waals surface area contributed by atoms with Gasteiger partial charge in [0.25, 0.3) is 0 Å². The van der Waals surface area contributed by atoms with E-state index in [4.69, 9.17) is 5.26 Å². The third-order valence-electron chi connectivity index (χ3n) is 3.60. The van der Waals surface area contributed by atoms with Crippen LogP contribution in [0.4, 0.5) is 0 Å². The lowest BCUT2D eigenvalue weighted by atomic mass is 9.99. The van der Waals surface area contributed by atoms with Gasteiger partial charge in [-0.05, 0) is 36.6 Å². The quantitative estimate of drug-likeness (QED) is 0.787. The van der Waals surface area contributed by atoms with E-state index in [0.29, 0.717) is 5.56 Å². The minimum Gasteiger partial charge on any atom is -0.303 e. The molecular formula is C19H20N2. The largest absolute Gasteiger partial charge is 0.303 e. The van der Waals surface area contributed by atoms with Gasteiger partial charge < -0.3 is 5.32 Å². The SMILES string of the molecule is C=CC[C@H](N[C@H](C)c1ccccc1)c1ccc(C#N)cc1. The second-order valence-corrected chi connectivity index (χ2v) is 5.11. The van der Waals surface area contributed by atoms with Crippen LogP contribution >= 0.6 is 0 Å². The van der Waals surface area contributed by atoms with Crippen molar-refractivity contribution in [1.82, 2.24) is 5.32 Å². The first-order chi connectivity index (χ1) is 10.2. The molecule has 2 aromatic carbocycles. The fourth-order valence-electron chi connectivity index (χ4n) is 2.40. The molecule has 0 saturated carbocycles. The summed E-state index contributed by atoms with van der Waals surface area (Å²) in [7, 11) is 0. The van der Waals surface area contributed by atoms with E-state index in [1.54, 1.807) is 0 Å². The second-order valence-electron chi connectivity index (χ2n) is 5.11. The number of hydrogen-bond donors (Lipinski definition) is 1. The lowest BCUT2D eigenvalue weighted by Gasteiger charge is -2.23. The average Bonchev–Trinajstić information content (AvgIpc) is 2.55. The lowest BCUT2D eigenvalue weighted by molar-refractivity contribution is 0.470. The van der Waals surface area contributed by atoms with Crippen LogP contribution in [0.5, 0.6) is 0 Å². The van der Waals surface area contributed by atoms with Crippen molar-refractivity contribution in [3.63, 3.8) is 0 Å². The van der Waals surface area contributed by atoms with Crippen molar-refractivity contribution in [2.24, 2.45) is 0 Å². The molecule has 0 unspecified atom stereocenters. The van der Waals surface area contributed by atoms with Crippen LogP contribution in [-0.4, -0.2) is 0 Å². The number of hydrogen-bond acceptors (Lipinski definition) is 2. The van der Waals surface area contributed by atoms with Crippen LogP contribution in [0.2, 0.25) is 0 Å². The Bertz CT molecular complexity index is 608. The van der Waals surface area contributed by atoms with Crippen LogP contribution in [0.1, 0.15) is 42.1 Å². The highest BCUT2D eigenvalue weighted by Gasteiger charge is 2.14. The molecule has 0 aliphatic carbocycles. The standard InChI is InChI=1S/C19H20N2/c1-3-7-19(18-12-10-16(14-20)11-13-18)21-15(2)17-8-5-4-6-9-17/h3-6,8-13,15,19,21H,1,7H2,2H3/t15-,19+/m1/s1. The summed E-state index contributed by atoms with van der Waals surface area (Å²) in [6.45, 7) is 6.01. The van der Waals surface area contributed by atoms with Crippen molar-refractivity contribution in [3.8, 4) is 6.07 Å². The molecule has 0 fully saturated rings. The van der Waals surface area contributed by atoms with Crippen molar-refractivity contribution >= 4 is 0 Å². The first-order valence-corrected chi connectivity index (χ1v) is 7.16. The average molecular weight is 276 g/mol. The molecule has 2 atom stereocenters. The predicted molar refractivity (Wildman–Crippen MR) is 86.7 cm³/mol. The third kappa shape index (κ3) is 4.05. The van der Waals surface area contributed by atoms with E-state index in [2.05, 4.69) is 49.2 Å². The molecule has 21 heavy (non-hydrogen) atoms. The van der Waals surface area contributed by atoms with E-state index in [9.17, 15) is 0 Å². The molecule has 2 nitrogen and oxygen atoms in total. The van der Waals surface area contributed by atoms with E-state index in [1.165, 1.54) is 11.1 Å². The number of nitrogens with one attached hydrogen (secondary N) is 1. The van der Waals surface area contributed by atoms with Crippen molar-refractivity contribution < 1.29 is 0 Å². The monoisotopic (exact) mass is 276 g/mol. The second kappa shape index (κ2) is 7.42. The van der Waals surface area contributed by atoms with E-state index in [-0.39, 0.29) is 12.1 Å². The Kier molecular flexibility index (Phi) is 5.31. The van der Waals surface area contributed by atoms with Crippen LogP contribution in [-0.2, 0) is 0 Å². The molecule has 2 aromatic rings. The molecule has 0 aromatic heterocycles. The Hall–Kier alpha value is -2.37. The molecule has 2 heteroatoms. The first-order valence-electron chi connectivity index (χ1n) is 7.16. The predicted octanol–water partition coefficient (Wildman–Crippen LogP) is 4.53. The Morgan fingerprint density at radius 3 is 2.33 bits per heavy atom. The van der Waals surface area contributed by atoms with Crippen LogP contribution in [0, 0.1) is 11.3 Å². The zero-order chi connectivity index (χ0) is 15.1. The summed E-state index contributed by atoms with van der Waals surface area (Å²) < 4.78 is 0. The van der Waals surface area contributed by atoms with Gasteiger partial charge in [-0.3, -0.25) is 0 Å². The minimum absolute atomic E-state index is 0.199. The molecule has 0 amide bonds. The number of nitriles is 1. The van der Waals surface area contributed by atoms with E-state index < -0.39 is 0 Å². The highest BCUT2D eigenvalue weighted by molar-refractivity contribution is 5.33. The lowest BCUT2D eigenvalue weighted by Crippen LogP contribution is -2.24. The topological polar surface area (TPSA) is 35.8 Å². The summed E-state index contributed by atoms with van der Waals surface area (Å²) >= 11 is 0. The smallest absolute Gasteiger partial charge is 0.0991 e. The highest BCUT2D eigenvalue weighted by Crippen LogP contribution is 2.23. The number of rotatable bonds is 6. The molecule has 106 valence electrons. The molecule has 0 saturated heterocycles. The summed E-state index contributed by atoms with van der Waals surface area (Å²) in [5.41, 5.74) is 3.13. The first kappa shape index (κ1) is 15.0. The van der Waals surface area contributed by atoms with Crippen LogP contribution in [0.25, 0.3) is 0 Å². The summed E-state index contributed by atoms with van der Waals surface area (Å²) in [4.78, 5) is 0. The van der Waals surface area contributed by atoms with Gasteiger partial charge in [0, 0.05) is 12.1 Å². The molecule has 0 spiro atoms. The van der Waals surface area contributed by atoms with Gasteiger partial charge in [0.15, 0.2) is 0 Å². The van der Waals surface area contributed by atoms with Gasteiger partial charge in [0.1, 0.15) is 0 Å². The summed E-state index contributed by atoms with van der Waals surface area (Å²) in [5.74, 6) is 0. The summed E-state index contributed by atoms with van der Waals surface area (Å²) in [6, 6.07) is 20.7. The molecule has 2 rings (SSSR count). The molecule has 0 radical (unpaired) electrons. The van der Waals surface area contributed by atoms with Crippen molar-refractivity contribution in [2.45, 2.75) is 25.4 Å². The Balaban J connectivity index is 2.15. The molecular weight excluding hydrogens is 256 g/mol. The molecule has 0 aliphatic heterocycles. The summed E-state index contributed by atoms with van der Waals surface area (Å²) in [5, 5.41) is 12.5. The van der Waals surface area contributed by atoms with Gasteiger partial charge in [-0.15, -0.1) is 6.58 Å². The Labute approximate surface area is 126 Å². The van der Waals surface area contributed by atoms with Crippen molar-refractivity contribution in [2.75, 3.05) is 0 Å². The van der Waals surface area contributed by atoms with E-state index in [0.717, 1.165) is 6.42 Å². The fraction of sp³-hybridized carbons (Fsp3) is 0.211.